The maximum Gasteiger partial charge on any atom is 0.408 e. The van der Waals surface area contributed by atoms with E-state index in [0.29, 0.717) is 6.61 Å². The molecule has 0 fully saturated rings. The first-order valence-electron chi connectivity index (χ1n) is 7.38. The van der Waals surface area contributed by atoms with Crippen molar-refractivity contribution in [2.75, 3.05) is 6.61 Å². The molecule has 0 aliphatic carbocycles. The van der Waals surface area contributed by atoms with Crippen molar-refractivity contribution in [3.63, 3.8) is 0 Å². The molecular weight excluding hydrogens is 286 g/mol. The van der Waals surface area contributed by atoms with Crippen LogP contribution in [0.25, 0.3) is 0 Å². The fourth-order valence-electron chi connectivity index (χ4n) is 1.62. The molecule has 21 heavy (non-hydrogen) atoms. The molecular formula is C15H31NO4Si. The molecule has 0 aliphatic heterocycles. The van der Waals surface area contributed by atoms with E-state index in [4.69, 9.17) is 9.47 Å². The van der Waals surface area contributed by atoms with E-state index in [1.54, 1.807) is 27.7 Å². The fourth-order valence-corrected chi connectivity index (χ4v) is 3.64. The van der Waals surface area contributed by atoms with Crippen LogP contribution >= 0.6 is 0 Å². The lowest BCUT2D eigenvalue weighted by atomic mass is 10.2. The van der Waals surface area contributed by atoms with Gasteiger partial charge in [0.2, 0.25) is 0 Å². The van der Waals surface area contributed by atoms with Crippen molar-refractivity contribution in [2.24, 2.45) is 0 Å². The quantitative estimate of drug-likeness (QED) is 0.637. The van der Waals surface area contributed by atoms with Gasteiger partial charge < -0.3 is 14.8 Å². The molecule has 0 aliphatic rings. The minimum atomic E-state index is -2.16. The van der Waals surface area contributed by atoms with Crippen LogP contribution < -0.4 is 5.32 Å². The predicted molar refractivity (Wildman–Crippen MR) is 87.0 cm³/mol. The van der Waals surface area contributed by atoms with Crippen LogP contribution in [0.2, 0.25) is 18.1 Å². The molecule has 0 rings (SSSR count). The molecule has 0 aromatic carbocycles. The Bertz CT molecular complexity index is 380. The number of rotatable bonds is 4. The zero-order chi connectivity index (χ0) is 17.1. The number of carbonyl (C=O) groups excluding carboxylic acids is 2. The first-order chi connectivity index (χ1) is 9.22. The summed E-state index contributed by atoms with van der Waals surface area (Å²) < 4.78 is 10.4. The average Bonchev–Trinajstić information content (AvgIpc) is 2.21. The van der Waals surface area contributed by atoms with Crippen LogP contribution in [0.3, 0.4) is 0 Å². The maximum atomic E-state index is 12.3. The van der Waals surface area contributed by atoms with Crippen molar-refractivity contribution in [1.82, 2.24) is 5.32 Å². The van der Waals surface area contributed by atoms with Crippen LogP contribution in [0.15, 0.2) is 0 Å². The van der Waals surface area contributed by atoms with Crippen LogP contribution in [-0.2, 0) is 14.3 Å². The second kappa shape index (κ2) is 6.81. The van der Waals surface area contributed by atoms with Gasteiger partial charge in [-0.25, -0.2) is 4.79 Å². The molecule has 0 unspecified atom stereocenters. The molecule has 0 saturated heterocycles. The van der Waals surface area contributed by atoms with Gasteiger partial charge in [0.15, 0.2) is 0 Å². The second-order valence-electron chi connectivity index (χ2n) is 7.80. The van der Waals surface area contributed by atoms with Gasteiger partial charge in [0, 0.05) is 0 Å². The lowest BCUT2D eigenvalue weighted by molar-refractivity contribution is -0.143. The summed E-state index contributed by atoms with van der Waals surface area (Å²) >= 11 is 0. The fraction of sp³-hybridized carbons (Fsp3) is 0.867. The lowest BCUT2D eigenvalue weighted by Crippen LogP contribution is -2.62. The number of esters is 1. The molecule has 0 aromatic heterocycles. The third kappa shape index (κ3) is 6.07. The Morgan fingerprint density at radius 2 is 1.57 bits per heavy atom. The Hall–Kier alpha value is -1.04. The maximum absolute atomic E-state index is 12.3. The van der Waals surface area contributed by atoms with Gasteiger partial charge in [-0.05, 0) is 32.7 Å². The smallest absolute Gasteiger partial charge is 0.408 e. The highest BCUT2D eigenvalue weighted by Crippen LogP contribution is 2.38. The van der Waals surface area contributed by atoms with E-state index < -0.39 is 25.4 Å². The third-order valence-electron chi connectivity index (χ3n) is 3.84. The van der Waals surface area contributed by atoms with Crippen LogP contribution in [0.1, 0.15) is 48.5 Å². The zero-order valence-electron chi connectivity index (χ0n) is 14.9. The van der Waals surface area contributed by atoms with Crippen LogP contribution in [-0.4, -0.2) is 38.0 Å². The molecule has 0 radical (unpaired) electrons. The summed E-state index contributed by atoms with van der Waals surface area (Å²) in [5.41, 5.74) is -1.23. The Morgan fingerprint density at radius 1 is 1.10 bits per heavy atom. The number of nitrogens with one attached hydrogen (secondary N) is 1. The predicted octanol–water partition coefficient (Wildman–Crippen LogP) is 3.49. The lowest BCUT2D eigenvalue weighted by Gasteiger charge is -2.41. The molecule has 0 bridgehead atoms. The molecule has 5 nitrogen and oxygen atoms in total. The van der Waals surface area contributed by atoms with E-state index in [1.165, 1.54) is 0 Å². The van der Waals surface area contributed by atoms with Gasteiger partial charge in [0.05, 0.1) is 14.7 Å². The topological polar surface area (TPSA) is 64.6 Å². The highest BCUT2D eigenvalue weighted by atomic mass is 28.3. The number of hydrogen-bond acceptors (Lipinski definition) is 4. The highest BCUT2D eigenvalue weighted by Gasteiger charge is 2.47. The summed E-state index contributed by atoms with van der Waals surface area (Å²) in [6.07, 6.45) is -0.578. The van der Waals surface area contributed by atoms with Crippen molar-refractivity contribution in [2.45, 2.75) is 77.9 Å². The molecule has 6 heteroatoms. The summed E-state index contributed by atoms with van der Waals surface area (Å²) in [6.45, 7) is 17.8. The Labute approximate surface area is 129 Å². The Morgan fingerprint density at radius 3 is 1.90 bits per heavy atom. The third-order valence-corrected chi connectivity index (χ3v) is 9.53. The van der Waals surface area contributed by atoms with Crippen LogP contribution in [0.4, 0.5) is 4.79 Å². The van der Waals surface area contributed by atoms with E-state index in [2.05, 4.69) is 39.2 Å². The largest absolute Gasteiger partial charge is 0.465 e. The van der Waals surface area contributed by atoms with Gasteiger partial charge in [-0.15, -0.1) is 0 Å². The monoisotopic (exact) mass is 317 g/mol. The molecule has 0 aromatic rings. The van der Waals surface area contributed by atoms with E-state index in [-0.39, 0.29) is 11.0 Å². The van der Waals surface area contributed by atoms with Gasteiger partial charge in [0.1, 0.15) is 11.3 Å². The molecule has 124 valence electrons. The van der Waals surface area contributed by atoms with Gasteiger partial charge in [-0.2, -0.15) is 0 Å². The van der Waals surface area contributed by atoms with Crippen molar-refractivity contribution in [3.05, 3.63) is 0 Å². The molecule has 0 saturated carbocycles. The van der Waals surface area contributed by atoms with Crippen LogP contribution in [0.5, 0.6) is 0 Å². The number of amides is 1. The number of hydrogen-bond donors (Lipinski definition) is 1. The van der Waals surface area contributed by atoms with Gasteiger partial charge in [-0.1, -0.05) is 33.9 Å². The van der Waals surface area contributed by atoms with Crippen molar-refractivity contribution in [3.8, 4) is 0 Å². The number of carbonyl (C=O) groups is 2. The normalized spacial score (nSPS) is 14.3. The average molecular weight is 318 g/mol. The van der Waals surface area contributed by atoms with E-state index in [1.807, 2.05) is 0 Å². The van der Waals surface area contributed by atoms with E-state index in [9.17, 15) is 9.59 Å². The van der Waals surface area contributed by atoms with Gasteiger partial charge in [-0.3, -0.25) is 4.79 Å². The second-order valence-corrected chi connectivity index (χ2v) is 13.3. The van der Waals surface area contributed by atoms with Crippen molar-refractivity contribution in [1.29, 1.82) is 0 Å². The SMILES string of the molecule is CCOC(=O)[C@@H](NC(=O)OC(C)(C)C)[Si](C)(C)C(C)(C)C. The first kappa shape index (κ1) is 20.0. The number of ether oxygens (including phenoxy) is 2. The van der Waals surface area contributed by atoms with E-state index >= 15 is 0 Å². The van der Waals surface area contributed by atoms with Crippen molar-refractivity contribution >= 4 is 20.1 Å². The summed E-state index contributed by atoms with van der Waals surface area (Å²) in [7, 11) is -2.16. The van der Waals surface area contributed by atoms with Gasteiger partial charge in [0.25, 0.3) is 0 Å². The highest BCUT2D eigenvalue weighted by molar-refractivity contribution is 6.84. The minimum Gasteiger partial charge on any atom is -0.465 e. The Balaban J connectivity index is 5.27. The number of alkyl carbamates (subject to hydrolysis) is 1. The molecule has 0 spiro atoms. The standard InChI is InChI=1S/C15H31NO4Si/c1-10-19-12(17)11(21(8,9)15(5,6)7)16-13(18)20-14(2,3)4/h11H,10H2,1-9H3,(H,16,18)/t11-/m0/s1. The zero-order valence-corrected chi connectivity index (χ0v) is 15.9. The van der Waals surface area contributed by atoms with Crippen molar-refractivity contribution < 1.29 is 19.1 Å². The summed E-state index contributed by atoms with van der Waals surface area (Å²) in [6, 6.07) is 0. The summed E-state index contributed by atoms with van der Waals surface area (Å²) in [4.78, 5) is 24.3. The summed E-state index contributed by atoms with van der Waals surface area (Å²) in [5.74, 6) is -0.380. The molecule has 0 heterocycles. The van der Waals surface area contributed by atoms with Gasteiger partial charge >= 0.3 is 12.1 Å². The molecule has 1 amide bonds. The molecule has 1 N–H and O–H groups in total. The minimum absolute atomic E-state index is 0.0700. The first-order valence-corrected chi connectivity index (χ1v) is 10.5. The molecule has 1 atom stereocenters. The Kier molecular flexibility index (Phi) is 6.47. The van der Waals surface area contributed by atoms with E-state index in [0.717, 1.165) is 0 Å². The van der Waals surface area contributed by atoms with Crippen LogP contribution in [0, 0.1) is 0 Å². The summed E-state index contributed by atoms with van der Waals surface area (Å²) in [5, 5.41) is 2.66.